The molecule has 2 aromatic rings. The first-order valence-electron chi connectivity index (χ1n) is 9.08. The summed E-state index contributed by atoms with van der Waals surface area (Å²) in [6.07, 6.45) is 4.95. The molecule has 0 radical (unpaired) electrons. The predicted molar refractivity (Wildman–Crippen MR) is 100 cm³/mol. The van der Waals surface area contributed by atoms with Gasteiger partial charge < -0.3 is 10.2 Å². The first-order chi connectivity index (χ1) is 13.1. The molecule has 1 heterocycles. The van der Waals surface area contributed by atoms with Gasteiger partial charge in [0.15, 0.2) is 0 Å². The van der Waals surface area contributed by atoms with E-state index in [1.807, 2.05) is 0 Å². The Labute approximate surface area is 156 Å². The van der Waals surface area contributed by atoms with E-state index >= 15 is 0 Å². The third kappa shape index (κ3) is 3.07. The van der Waals surface area contributed by atoms with E-state index in [2.05, 4.69) is 4.99 Å². The van der Waals surface area contributed by atoms with Crippen LogP contribution in [0, 0.1) is 0 Å². The molecule has 0 bridgehead atoms. The number of fused-ring (bicyclic) bond motifs is 1. The van der Waals surface area contributed by atoms with Crippen LogP contribution in [0.15, 0.2) is 47.5 Å². The fraction of sp³-hybridized carbons (Fsp3) is 0.286. The molecular weight excluding hydrogens is 344 g/mol. The normalized spacial score (nSPS) is 22.4. The lowest BCUT2D eigenvalue weighted by molar-refractivity contribution is 0.0527. The quantitative estimate of drug-likeness (QED) is 0.647. The molecule has 1 fully saturated rings. The molecule has 138 valence electrons. The Morgan fingerprint density at radius 1 is 0.963 bits per heavy atom. The maximum Gasteiger partial charge on any atom is 0.261 e. The number of imide groups is 1. The van der Waals surface area contributed by atoms with E-state index in [0.29, 0.717) is 16.7 Å². The maximum atomic E-state index is 12.8. The Kier molecular flexibility index (Phi) is 4.39. The van der Waals surface area contributed by atoms with Crippen LogP contribution < -0.4 is 0 Å². The third-order valence-electron chi connectivity index (χ3n) is 5.27. The van der Waals surface area contributed by atoms with E-state index in [9.17, 15) is 19.8 Å². The van der Waals surface area contributed by atoms with E-state index in [4.69, 9.17) is 0 Å². The molecule has 0 spiro atoms. The van der Waals surface area contributed by atoms with Crippen LogP contribution in [0.5, 0.6) is 11.5 Å². The van der Waals surface area contributed by atoms with Gasteiger partial charge in [-0.25, -0.2) is 0 Å². The molecule has 2 aromatic carbocycles. The molecule has 2 aliphatic rings. The number of hydrogen-bond donors (Lipinski definition) is 2. The van der Waals surface area contributed by atoms with Gasteiger partial charge in [0, 0.05) is 17.8 Å². The molecule has 0 aromatic heterocycles. The number of phenols is 2. The van der Waals surface area contributed by atoms with Crippen LogP contribution in [-0.2, 0) is 0 Å². The van der Waals surface area contributed by atoms with Gasteiger partial charge in [-0.2, -0.15) is 0 Å². The average molecular weight is 364 g/mol. The van der Waals surface area contributed by atoms with Gasteiger partial charge in [-0.05, 0) is 37.1 Å². The van der Waals surface area contributed by atoms with Crippen LogP contribution in [0.1, 0.15) is 52.0 Å². The molecule has 2 amide bonds. The SMILES string of the molecule is O=C1c2ccccc2C(=O)N1[C@H]1CCCC[C@@H]1N=Cc1ccc(O)cc1O. The Morgan fingerprint density at radius 2 is 1.63 bits per heavy atom. The maximum absolute atomic E-state index is 12.8. The van der Waals surface area contributed by atoms with Crippen LogP contribution in [0.25, 0.3) is 0 Å². The summed E-state index contributed by atoms with van der Waals surface area (Å²) in [5, 5.41) is 19.3. The number of nitrogens with zero attached hydrogens (tertiary/aromatic N) is 2. The molecule has 2 atom stereocenters. The summed E-state index contributed by atoms with van der Waals surface area (Å²) >= 11 is 0. The molecule has 27 heavy (non-hydrogen) atoms. The summed E-state index contributed by atoms with van der Waals surface area (Å²) in [6.45, 7) is 0. The highest BCUT2D eigenvalue weighted by Gasteiger charge is 2.43. The number of hydrogen-bond acceptors (Lipinski definition) is 5. The van der Waals surface area contributed by atoms with Crippen molar-refractivity contribution in [1.29, 1.82) is 0 Å². The van der Waals surface area contributed by atoms with Crippen LogP contribution in [0.2, 0.25) is 0 Å². The van der Waals surface area contributed by atoms with Gasteiger partial charge >= 0.3 is 0 Å². The highest BCUT2D eigenvalue weighted by Crippen LogP contribution is 2.32. The van der Waals surface area contributed by atoms with Crippen molar-refractivity contribution < 1.29 is 19.8 Å². The Bertz CT molecular complexity index is 903. The minimum atomic E-state index is -0.290. The largest absolute Gasteiger partial charge is 0.508 e. The molecule has 4 rings (SSSR count). The molecule has 6 heteroatoms. The van der Waals surface area contributed by atoms with E-state index in [0.717, 1.165) is 25.7 Å². The monoisotopic (exact) mass is 364 g/mol. The van der Waals surface area contributed by atoms with Crippen LogP contribution >= 0.6 is 0 Å². The Balaban J connectivity index is 1.61. The number of aliphatic imine (C=N–C) groups is 1. The topological polar surface area (TPSA) is 90.2 Å². The number of benzene rings is 2. The number of rotatable bonds is 3. The molecule has 0 unspecified atom stereocenters. The second-order valence-electron chi connectivity index (χ2n) is 6.97. The first kappa shape index (κ1) is 17.3. The molecule has 1 saturated carbocycles. The van der Waals surface area contributed by atoms with E-state index in [1.165, 1.54) is 17.0 Å². The summed E-state index contributed by atoms with van der Waals surface area (Å²) < 4.78 is 0. The van der Waals surface area contributed by atoms with Crippen LogP contribution in [0.3, 0.4) is 0 Å². The summed E-state index contributed by atoms with van der Waals surface area (Å²) in [5.74, 6) is -0.594. The molecule has 1 aliphatic carbocycles. The lowest BCUT2D eigenvalue weighted by Crippen LogP contribution is -2.47. The molecule has 6 nitrogen and oxygen atoms in total. The van der Waals surface area contributed by atoms with Crippen molar-refractivity contribution in [3.8, 4) is 11.5 Å². The van der Waals surface area contributed by atoms with Gasteiger partial charge in [-0.15, -0.1) is 0 Å². The molecular formula is C21H20N2O4. The van der Waals surface area contributed by atoms with Gasteiger partial charge in [-0.3, -0.25) is 19.5 Å². The van der Waals surface area contributed by atoms with Crippen molar-refractivity contribution in [3.05, 3.63) is 59.2 Å². The lowest BCUT2D eigenvalue weighted by Gasteiger charge is -2.34. The third-order valence-corrected chi connectivity index (χ3v) is 5.27. The second-order valence-corrected chi connectivity index (χ2v) is 6.97. The van der Waals surface area contributed by atoms with Crippen LogP contribution in [-0.4, -0.2) is 45.2 Å². The zero-order valence-electron chi connectivity index (χ0n) is 14.7. The fourth-order valence-corrected chi connectivity index (χ4v) is 3.89. The smallest absolute Gasteiger partial charge is 0.261 e. The minimum absolute atomic E-state index is 0.0220. The predicted octanol–water partition coefficient (Wildman–Crippen LogP) is 3.12. The summed E-state index contributed by atoms with van der Waals surface area (Å²) in [7, 11) is 0. The first-order valence-corrected chi connectivity index (χ1v) is 9.08. The van der Waals surface area contributed by atoms with Crippen LogP contribution in [0.4, 0.5) is 0 Å². The fourth-order valence-electron chi connectivity index (χ4n) is 3.89. The number of amides is 2. The molecule has 2 N–H and O–H groups in total. The van der Waals surface area contributed by atoms with Crippen molar-refractivity contribution in [2.45, 2.75) is 37.8 Å². The van der Waals surface area contributed by atoms with Gasteiger partial charge in [0.25, 0.3) is 11.8 Å². The second kappa shape index (κ2) is 6.87. The lowest BCUT2D eigenvalue weighted by atomic mass is 9.89. The van der Waals surface area contributed by atoms with Crippen molar-refractivity contribution in [3.63, 3.8) is 0 Å². The Hall–Kier alpha value is -3.15. The zero-order valence-corrected chi connectivity index (χ0v) is 14.7. The molecule has 0 saturated heterocycles. The minimum Gasteiger partial charge on any atom is -0.508 e. The Morgan fingerprint density at radius 3 is 2.30 bits per heavy atom. The summed E-state index contributed by atoms with van der Waals surface area (Å²) in [5.41, 5.74) is 1.39. The van der Waals surface area contributed by atoms with Crippen molar-refractivity contribution >= 4 is 18.0 Å². The summed E-state index contributed by atoms with van der Waals surface area (Å²) in [6, 6.07) is 10.7. The van der Waals surface area contributed by atoms with E-state index in [-0.39, 0.29) is 35.4 Å². The number of phenolic OH excluding ortho intramolecular Hbond substituents is 2. The molecule has 1 aliphatic heterocycles. The highest BCUT2D eigenvalue weighted by molar-refractivity contribution is 6.21. The van der Waals surface area contributed by atoms with Crippen molar-refractivity contribution in [2.24, 2.45) is 4.99 Å². The van der Waals surface area contributed by atoms with E-state index < -0.39 is 0 Å². The standard InChI is InChI=1S/C21H20N2O4/c24-14-10-9-13(19(25)11-14)12-22-17-7-3-4-8-18(17)23-20(26)15-5-1-2-6-16(15)21(23)27/h1-2,5-6,9-12,17-18,24-25H,3-4,7-8H2/t17-,18-/m0/s1. The average Bonchev–Trinajstić information content (AvgIpc) is 2.92. The van der Waals surface area contributed by atoms with Gasteiger partial charge in [-0.1, -0.05) is 25.0 Å². The van der Waals surface area contributed by atoms with Crippen molar-refractivity contribution in [1.82, 2.24) is 4.90 Å². The number of carbonyl (C=O) groups is 2. The van der Waals surface area contributed by atoms with E-state index in [1.54, 1.807) is 36.5 Å². The highest BCUT2D eigenvalue weighted by atomic mass is 16.3. The van der Waals surface area contributed by atoms with Crippen molar-refractivity contribution in [2.75, 3.05) is 0 Å². The van der Waals surface area contributed by atoms with Gasteiger partial charge in [0.1, 0.15) is 11.5 Å². The summed E-state index contributed by atoms with van der Waals surface area (Å²) in [4.78, 5) is 31.6. The van der Waals surface area contributed by atoms with Gasteiger partial charge in [0.05, 0.1) is 23.2 Å². The number of aromatic hydroxyl groups is 2. The van der Waals surface area contributed by atoms with Gasteiger partial charge in [0.2, 0.25) is 0 Å². The number of carbonyl (C=O) groups excluding carboxylic acids is 2. The zero-order chi connectivity index (χ0) is 19.0.